The molecule has 1 heterocycles. The highest BCUT2D eigenvalue weighted by Gasteiger charge is 2.49. The van der Waals surface area contributed by atoms with Crippen LogP contribution in [0.1, 0.15) is 103 Å². The minimum absolute atomic E-state index is 0.138. The Kier molecular flexibility index (Phi) is 5.94. The van der Waals surface area contributed by atoms with E-state index in [1.807, 2.05) is 0 Å². The predicted molar refractivity (Wildman–Crippen MR) is 136 cm³/mol. The van der Waals surface area contributed by atoms with Gasteiger partial charge in [-0.05, 0) is 79.0 Å². The first kappa shape index (κ1) is 24.5. The third-order valence-corrected chi connectivity index (χ3v) is 6.78. The van der Waals surface area contributed by atoms with Gasteiger partial charge in [-0.2, -0.15) is 5.06 Å². The van der Waals surface area contributed by atoms with Gasteiger partial charge < -0.3 is 9.94 Å². The van der Waals surface area contributed by atoms with Crippen LogP contribution in [-0.4, -0.2) is 17.3 Å². The molecule has 1 aliphatic heterocycles. The number of benzene rings is 2. The summed E-state index contributed by atoms with van der Waals surface area (Å²) in [6, 6.07) is 10.9. The molecule has 1 aliphatic rings. The molecule has 1 N–H and O–H groups in total. The molecule has 0 fully saturated rings. The van der Waals surface area contributed by atoms with Crippen molar-refractivity contribution in [2.24, 2.45) is 0 Å². The Morgan fingerprint density at radius 2 is 1.22 bits per heavy atom. The van der Waals surface area contributed by atoms with E-state index in [0.29, 0.717) is 5.75 Å². The van der Waals surface area contributed by atoms with Crippen LogP contribution in [-0.2, 0) is 26.7 Å². The van der Waals surface area contributed by atoms with Crippen LogP contribution in [0.5, 0.6) is 5.75 Å². The Labute approximate surface area is 195 Å². The number of nitrogens with zero attached hydrogens (tertiary/aromatic N) is 1. The Hall–Kier alpha value is -2.10. The maximum absolute atomic E-state index is 11.0. The SMILES string of the molecule is CON1C(C)(C)c2ccc(/C=C/c3cc(C(C)(C)C)c(O)c(C(C)(C)C)c3)cc2C1(C)C. The summed E-state index contributed by atoms with van der Waals surface area (Å²) in [5.74, 6) is 0.420. The van der Waals surface area contributed by atoms with Gasteiger partial charge in [0.2, 0.25) is 0 Å². The molecule has 0 radical (unpaired) electrons. The predicted octanol–water partition coefficient (Wildman–Crippen LogP) is 7.50. The lowest BCUT2D eigenvalue weighted by Crippen LogP contribution is -2.44. The van der Waals surface area contributed by atoms with Crippen LogP contribution < -0.4 is 0 Å². The number of hydrogen-bond acceptors (Lipinski definition) is 3. The molecule has 3 heteroatoms. The van der Waals surface area contributed by atoms with Crippen LogP contribution in [0.4, 0.5) is 0 Å². The highest BCUT2D eigenvalue weighted by atomic mass is 16.7. The van der Waals surface area contributed by atoms with Gasteiger partial charge in [-0.3, -0.25) is 0 Å². The standard InChI is InChI=1S/C29H41NO2/c1-26(2,3)23-17-20(18-24(25(23)31)27(4,5)6)13-12-19-14-15-21-22(16-19)29(9,10)30(32-11)28(21,7)8/h12-18,31H,1-11H3/b13-12+. The number of phenolic OH excluding ortho intramolecular Hbond substituents is 1. The first-order valence-electron chi connectivity index (χ1n) is 11.6. The van der Waals surface area contributed by atoms with Crippen molar-refractivity contribution >= 4 is 12.2 Å². The zero-order chi connectivity index (χ0) is 24.3. The third kappa shape index (κ3) is 4.13. The van der Waals surface area contributed by atoms with Crippen molar-refractivity contribution in [3.63, 3.8) is 0 Å². The van der Waals surface area contributed by atoms with Crippen LogP contribution >= 0.6 is 0 Å². The second-order valence-electron chi connectivity index (χ2n) is 12.2. The molecule has 0 bridgehead atoms. The molecule has 0 atom stereocenters. The van der Waals surface area contributed by atoms with E-state index in [4.69, 9.17) is 4.84 Å². The van der Waals surface area contributed by atoms with E-state index in [1.165, 1.54) is 11.1 Å². The number of hydroxylamine groups is 2. The van der Waals surface area contributed by atoms with E-state index in [-0.39, 0.29) is 21.9 Å². The summed E-state index contributed by atoms with van der Waals surface area (Å²) in [6.07, 6.45) is 4.33. The number of aromatic hydroxyl groups is 1. The minimum atomic E-state index is -0.214. The molecule has 2 aromatic carbocycles. The smallest absolute Gasteiger partial charge is 0.123 e. The molecule has 2 aromatic rings. The van der Waals surface area contributed by atoms with E-state index in [0.717, 1.165) is 22.3 Å². The van der Waals surface area contributed by atoms with Crippen LogP contribution in [0.3, 0.4) is 0 Å². The first-order chi connectivity index (χ1) is 14.5. The summed E-state index contributed by atoms with van der Waals surface area (Å²) >= 11 is 0. The van der Waals surface area contributed by atoms with E-state index in [9.17, 15) is 5.11 Å². The molecule has 3 rings (SSSR count). The van der Waals surface area contributed by atoms with Crippen LogP contribution in [0.25, 0.3) is 12.2 Å². The van der Waals surface area contributed by atoms with Gasteiger partial charge in [0.05, 0.1) is 18.2 Å². The molecule has 0 unspecified atom stereocenters. The third-order valence-electron chi connectivity index (χ3n) is 6.78. The van der Waals surface area contributed by atoms with Gasteiger partial charge in [0.1, 0.15) is 5.75 Å². The summed E-state index contributed by atoms with van der Waals surface area (Å²) in [4.78, 5) is 5.79. The summed E-state index contributed by atoms with van der Waals surface area (Å²) in [5.41, 5.74) is 6.16. The van der Waals surface area contributed by atoms with Crippen molar-refractivity contribution in [3.8, 4) is 5.75 Å². The van der Waals surface area contributed by atoms with Crippen LogP contribution in [0.2, 0.25) is 0 Å². The molecule has 0 aliphatic carbocycles. The molecule has 0 spiro atoms. The van der Waals surface area contributed by atoms with Gasteiger partial charge in [0.25, 0.3) is 0 Å². The number of rotatable bonds is 3. The van der Waals surface area contributed by atoms with Gasteiger partial charge in [0, 0.05) is 11.1 Å². The molecule has 3 nitrogen and oxygen atoms in total. The van der Waals surface area contributed by atoms with E-state index >= 15 is 0 Å². The number of hydrogen-bond donors (Lipinski definition) is 1. The Morgan fingerprint density at radius 3 is 1.69 bits per heavy atom. The second-order valence-corrected chi connectivity index (χ2v) is 12.2. The highest BCUT2D eigenvalue weighted by Crippen LogP contribution is 2.49. The number of fused-ring (bicyclic) bond motifs is 1. The largest absolute Gasteiger partial charge is 0.507 e. The average molecular weight is 436 g/mol. The molecular formula is C29H41NO2. The summed E-state index contributed by atoms with van der Waals surface area (Å²) in [7, 11) is 1.75. The summed E-state index contributed by atoms with van der Waals surface area (Å²) in [5, 5.41) is 13.1. The zero-order valence-electron chi connectivity index (χ0n) is 21.8. The van der Waals surface area contributed by atoms with Crippen molar-refractivity contribution in [2.45, 2.75) is 91.1 Å². The molecule has 0 aromatic heterocycles. The minimum Gasteiger partial charge on any atom is -0.507 e. The maximum atomic E-state index is 11.0. The normalized spacial score (nSPS) is 18.3. The van der Waals surface area contributed by atoms with Crippen molar-refractivity contribution in [2.75, 3.05) is 7.11 Å². The monoisotopic (exact) mass is 435 g/mol. The Bertz CT molecular complexity index is 1010. The second kappa shape index (κ2) is 7.74. The van der Waals surface area contributed by atoms with Gasteiger partial charge in [-0.25, -0.2) is 0 Å². The molecule has 32 heavy (non-hydrogen) atoms. The number of phenols is 1. The zero-order valence-corrected chi connectivity index (χ0v) is 21.8. The lowest BCUT2D eigenvalue weighted by molar-refractivity contribution is -0.241. The molecule has 0 saturated carbocycles. The molecule has 174 valence electrons. The Balaban J connectivity index is 2.07. The van der Waals surface area contributed by atoms with Gasteiger partial charge in [-0.1, -0.05) is 65.8 Å². The van der Waals surface area contributed by atoms with Gasteiger partial charge >= 0.3 is 0 Å². The van der Waals surface area contributed by atoms with E-state index < -0.39 is 0 Å². The fourth-order valence-electron chi connectivity index (χ4n) is 5.17. The Morgan fingerprint density at radius 1 is 0.750 bits per heavy atom. The molecular weight excluding hydrogens is 394 g/mol. The fraction of sp³-hybridized carbons (Fsp3) is 0.517. The van der Waals surface area contributed by atoms with Crippen molar-refractivity contribution in [1.29, 1.82) is 0 Å². The van der Waals surface area contributed by atoms with Crippen molar-refractivity contribution in [1.82, 2.24) is 5.06 Å². The fourth-order valence-corrected chi connectivity index (χ4v) is 5.17. The van der Waals surface area contributed by atoms with E-state index in [2.05, 4.69) is 117 Å². The van der Waals surface area contributed by atoms with Crippen molar-refractivity contribution < 1.29 is 9.94 Å². The quantitative estimate of drug-likeness (QED) is 0.506. The summed E-state index contributed by atoms with van der Waals surface area (Å²) < 4.78 is 0. The molecule has 0 saturated heterocycles. The molecule has 0 amide bonds. The van der Waals surface area contributed by atoms with Gasteiger partial charge in [0.15, 0.2) is 0 Å². The van der Waals surface area contributed by atoms with Crippen LogP contribution in [0.15, 0.2) is 30.3 Å². The first-order valence-corrected chi connectivity index (χ1v) is 11.6. The maximum Gasteiger partial charge on any atom is 0.123 e. The van der Waals surface area contributed by atoms with Crippen molar-refractivity contribution in [3.05, 3.63) is 63.7 Å². The topological polar surface area (TPSA) is 32.7 Å². The van der Waals surface area contributed by atoms with Gasteiger partial charge in [-0.15, -0.1) is 0 Å². The highest BCUT2D eigenvalue weighted by molar-refractivity contribution is 5.72. The lowest BCUT2D eigenvalue weighted by atomic mass is 9.78. The lowest BCUT2D eigenvalue weighted by Gasteiger charge is -2.38. The average Bonchev–Trinajstić information content (AvgIpc) is 2.80. The summed E-state index contributed by atoms with van der Waals surface area (Å²) in [6.45, 7) is 21.7. The van der Waals surface area contributed by atoms with Crippen LogP contribution in [0, 0.1) is 0 Å². The van der Waals surface area contributed by atoms with E-state index in [1.54, 1.807) is 7.11 Å².